The van der Waals surface area contributed by atoms with Gasteiger partial charge in [0.1, 0.15) is 0 Å². The quantitative estimate of drug-likeness (QED) is 0.448. The fraction of sp³-hybridized carbons (Fsp3) is 0.286. The molecule has 1 rings (SSSR count). The molecule has 0 spiro atoms. The van der Waals surface area contributed by atoms with Crippen LogP contribution in [0.25, 0.3) is 0 Å². The van der Waals surface area contributed by atoms with Crippen LogP contribution in [-0.2, 0) is 4.89 Å². The van der Waals surface area contributed by atoms with Gasteiger partial charge in [-0.05, 0) is 22.9 Å². The van der Waals surface area contributed by atoms with Gasteiger partial charge in [-0.15, -0.1) is 0 Å². The molecule has 0 radical (unpaired) electrons. The van der Waals surface area contributed by atoms with Crippen LogP contribution in [-0.4, -0.2) is 12.1 Å². The highest BCUT2D eigenvalue weighted by Gasteiger charge is 2.11. The van der Waals surface area contributed by atoms with Gasteiger partial charge in [-0.1, -0.05) is 0 Å². The zero-order chi connectivity index (χ0) is 9.14. The Bertz CT molecular complexity index is 293. The van der Waals surface area contributed by atoms with Gasteiger partial charge in [0.25, 0.3) is 5.95 Å². The number of halogens is 2. The summed E-state index contributed by atoms with van der Waals surface area (Å²) in [5, 5.41) is 0. The van der Waals surface area contributed by atoms with Gasteiger partial charge in [0.15, 0.2) is 0 Å². The number of hydrogen-bond acceptors (Lipinski definition) is 3. The van der Waals surface area contributed by atoms with Gasteiger partial charge in [-0.25, -0.2) is 4.98 Å². The summed E-state index contributed by atoms with van der Waals surface area (Å²) < 4.78 is 13.6. The minimum atomic E-state index is -0.683. The molecule has 1 aromatic rings. The number of pyridine rings is 1. The summed E-state index contributed by atoms with van der Waals surface area (Å²) in [5.41, 5.74) is 0.615. The van der Waals surface area contributed by atoms with Crippen LogP contribution in [0.15, 0.2) is 10.7 Å². The molecular formula is C7H7BrFNO2. The van der Waals surface area contributed by atoms with Gasteiger partial charge >= 0.3 is 0 Å². The largest absolute Gasteiger partial charge is 0.333 e. The van der Waals surface area contributed by atoms with E-state index in [9.17, 15) is 4.39 Å². The Morgan fingerprint density at radius 1 is 1.58 bits per heavy atom. The van der Waals surface area contributed by atoms with E-state index in [1.807, 2.05) is 0 Å². The first-order chi connectivity index (χ1) is 5.66. The van der Waals surface area contributed by atoms with Crippen LogP contribution in [0.4, 0.5) is 4.39 Å². The Morgan fingerprint density at radius 3 is 2.83 bits per heavy atom. The van der Waals surface area contributed by atoms with Gasteiger partial charge in [-0.2, -0.15) is 9.28 Å². The van der Waals surface area contributed by atoms with Crippen molar-refractivity contribution in [1.82, 2.24) is 4.98 Å². The molecule has 1 aromatic heterocycles. The molecule has 0 amide bonds. The van der Waals surface area contributed by atoms with Crippen molar-refractivity contribution in [3.05, 3.63) is 22.2 Å². The van der Waals surface area contributed by atoms with Gasteiger partial charge in [0.05, 0.1) is 7.11 Å². The summed E-state index contributed by atoms with van der Waals surface area (Å²) in [4.78, 5) is 12.4. The third-order valence-electron chi connectivity index (χ3n) is 1.34. The van der Waals surface area contributed by atoms with Crippen molar-refractivity contribution >= 4 is 15.9 Å². The summed E-state index contributed by atoms with van der Waals surface area (Å²) in [7, 11) is 1.31. The first-order valence-corrected chi connectivity index (χ1v) is 3.97. The minimum Gasteiger partial charge on any atom is -0.333 e. The molecule has 1 heterocycles. The lowest BCUT2D eigenvalue weighted by molar-refractivity contribution is -0.181. The summed E-state index contributed by atoms with van der Waals surface area (Å²) in [6.45, 7) is 1.70. The van der Waals surface area contributed by atoms with E-state index in [1.165, 1.54) is 13.3 Å². The van der Waals surface area contributed by atoms with E-state index in [-0.39, 0.29) is 5.75 Å². The van der Waals surface area contributed by atoms with Crippen LogP contribution in [0.1, 0.15) is 5.56 Å². The molecule has 0 unspecified atom stereocenters. The lowest BCUT2D eigenvalue weighted by atomic mass is 10.3. The van der Waals surface area contributed by atoms with Crippen LogP contribution in [0.5, 0.6) is 5.75 Å². The smallest absolute Gasteiger partial charge is 0.259 e. The molecule has 0 fully saturated rings. The summed E-state index contributed by atoms with van der Waals surface area (Å²) in [5.74, 6) is -0.676. The van der Waals surface area contributed by atoms with Crippen molar-refractivity contribution in [3.8, 4) is 5.75 Å². The average molecular weight is 236 g/mol. The van der Waals surface area contributed by atoms with Crippen LogP contribution < -0.4 is 4.89 Å². The van der Waals surface area contributed by atoms with Crippen LogP contribution >= 0.6 is 15.9 Å². The van der Waals surface area contributed by atoms with Crippen LogP contribution in [0, 0.1) is 12.9 Å². The van der Waals surface area contributed by atoms with E-state index < -0.39 is 5.95 Å². The molecule has 0 N–H and O–H groups in total. The van der Waals surface area contributed by atoms with Crippen LogP contribution in [0.3, 0.4) is 0 Å². The summed E-state index contributed by atoms with van der Waals surface area (Å²) >= 11 is 3.19. The molecule has 66 valence electrons. The molecule has 3 nitrogen and oxygen atoms in total. The normalized spacial score (nSPS) is 10.0. The molecule has 0 aliphatic rings. The lowest BCUT2D eigenvalue weighted by Gasteiger charge is -2.05. The average Bonchev–Trinajstić information content (AvgIpc) is 2.06. The minimum absolute atomic E-state index is 0.00637. The number of hydrogen-bond donors (Lipinski definition) is 0. The third kappa shape index (κ3) is 1.73. The molecule has 5 heteroatoms. The Morgan fingerprint density at radius 2 is 2.25 bits per heavy atom. The second kappa shape index (κ2) is 3.82. The number of aromatic nitrogens is 1. The van der Waals surface area contributed by atoms with E-state index in [2.05, 4.69) is 30.7 Å². The Hall–Kier alpha value is -0.680. The van der Waals surface area contributed by atoms with Crippen molar-refractivity contribution in [2.45, 2.75) is 6.92 Å². The lowest BCUT2D eigenvalue weighted by Crippen LogP contribution is -1.98. The predicted molar refractivity (Wildman–Crippen MR) is 44.3 cm³/mol. The molecule has 0 bridgehead atoms. The van der Waals surface area contributed by atoms with Crippen molar-refractivity contribution in [1.29, 1.82) is 0 Å². The topological polar surface area (TPSA) is 31.4 Å². The molecule has 0 atom stereocenters. The van der Waals surface area contributed by atoms with Crippen molar-refractivity contribution in [2.75, 3.05) is 7.11 Å². The van der Waals surface area contributed by atoms with Gasteiger partial charge in [-0.3, -0.25) is 0 Å². The Labute approximate surface area is 77.6 Å². The molecule has 12 heavy (non-hydrogen) atoms. The number of rotatable bonds is 2. The highest BCUT2D eigenvalue weighted by molar-refractivity contribution is 9.10. The summed E-state index contributed by atoms with van der Waals surface area (Å²) in [6, 6.07) is 0. The number of nitrogens with zero attached hydrogens (tertiary/aromatic N) is 1. The highest BCUT2D eigenvalue weighted by atomic mass is 79.9. The van der Waals surface area contributed by atoms with Crippen molar-refractivity contribution < 1.29 is 14.2 Å². The van der Waals surface area contributed by atoms with Gasteiger partial charge < -0.3 is 4.89 Å². The molecule has 0 aliphatic heterocycles. The van der Waals surface area contributed by atoms with E-state index in [4.69, 9.17) is 0 Å². The molecule has 0 aliphatic carbocycles. The van der Waals surface area contributed by atoms with E-state index in [0.717, 1.165) is 0 Å². The van der Waals surface area contributed by atoms with Crippen LogP contribution in [0.2, 0.25) is 0 Å². The van der Waals surface area contributed by atoms with E-state index >= 15 is 0 Å². The fourth-order valence-electron chi connectivity index (χ4n) is 0.712. The Balaban J connectivity index is 3.14. The maximum absolute atomic E-state index is 12.9. The second-order valence-electron chi connectivity index (χ2n) is 2.10. The zero-order valence-electron chi connectivity index (χ0n) is 6.60. The molecule has 0 saturated heterocycles. The third-order valence-corrected chi connectivity index (χ3v) is 2.14. The maximum atomic E-state index is 12.9. The monoisotopic (exact) mass is 235 g/mol. The fourth-order valence-corrected chi connectivity index (χ4v) is 0.995. The SMILES string of the molecule is COOc1c(F)ncc(Br)c1C. The standard InChI is InChI=1S/C7H7BrFNO2/c1-4-5(8)3-10-7(9)6(4)12-11-2/h3H,1-2H3. The predicted octanol–water partition coefficient (Wildman–Crippen LogP) is 2.23. The van der Waals surface area contributed by atoms with Gasteiger partial charge in [0.2, 0.25) is 5.75 Å². The first kappa shape index (κ1) is 9.41. The van der Waals surface area contributed by atoms with E-state index in [0.29, 0.717) is 10.0 Å². The molecule has 0 aromatic carbocycles. The Kier molecular flexibility index (Phi) is 2.99. The summed E-state index contributed by atoms with van der Waals surface area (Å²) in [6.07, 6.45) is 1.37. The zero-order valence-corrected chi connectivity index (χ0v) is 8.18. The van der Waals surface area contributed by atoms with Crippen molar-refractivity contribution in [3.63, 3.8) is 0 Å². The molecule has 0 saturated carbocycles. The maximum Gasteiger partial charge on any atom is 0.259 e. The van der Waals surface area contributed by atoms with Gasteiger partial charge in [0, 0.05) is 16.2 Å². The van der Waals surface area contributed by atoms with E-state index in [1.54, 1.807) is 6.92 Å². The highest BCUT2D eigenvalue weighted by Crippen LogP contribution is 2.26. The first-order valence-electron chi connectivity index (χ1n) is 3.18. The van der Waals surface area contributed by atoms with Crippen molar-refractivity contribution in [2.24, 2.45) is 0 Å². The second-order valence-corrected chi connectivity index (χ2v) is 2.96. The molecular weight excluding hydrogens is 229 g/mol.